The molecule has 1 heterocycles. The fourth-order valence-electron chi connectivity index (χ4n) is 2.67. The monoisotopic (exact) mass is 354 g/mol. The van der Waals surface area contributed by atoms with Gasteiger partial charge in [-0.1, -0.05) is 18.2 Å². The Kier molecular flexibility index (Phi) is 7.58. The van der Waals surface area contributed by atoms with Crippen molar-refractivity contribution in [3.05, 3.63) is 54.6 Å². The Labute approximate surface area is 154 Å². The van der Waals surface area contributed by atoms with Crippen LogP contribution in [-0.4, -0.2) is 57.4 Å². The average molecular weight is 354 g/mol. The van der Waals surface area contributed by atoms with E-state index < -0.39 is 0 Å². The Morgan fingerprint density at radius 2 is 1.50 bits per heavy atom. The van der Waals surface area contributed by atoms with Gasteiger partial charge in [-0.25, -0.2) is 0 Å². The standard InChI is InChI=1S/C20H26N4O2/c1-2-4-18(5-3-1)22-23-19-6-8-20(9-7-19)26-17-16-25-15-14-24-12-10-21-11-13-24/h1-9,21H,10-17H2. The van der Waals surface area contributed by atoms with Crippen LogP contribution in [0.1, 0.15) is 0 Å². The van der Waals surface area contributed by atoms with Crippen LogP contribution < -0.4 is 10.1 Å². The number of nitrogens with one attached hydrogen (secondary N) is 1. The molecule has 0 radical (unpaired) electrons. The molecule has 1 aliphatic rings. The van der Waals surface area contributed by atoms with Crippen LogP contribution in [0, 0.1) is 0 Å². The van der Waals surface area contributed by atoms with Crippen LogP contribution in [0.25, 0.3) is 0 Å². The molecule has 26 heavy (non-hydrogen) atoms. The summed E-state index contributed by atoms with van der Waals surface area (Å²) in [6, 6.07) is 17.3. The van der Waals surface area contributed by atoms with E-state index in [-0.39, 0.29) is 0 Å². The highest BCUT2D eigenvalue weighted by molar-refractivity contribution is 5.42. The molecule has 0 atom stereocenters. The fourth-order valence-corrected chi connectivity index (χ4v) is 2.67. The topological polar surface area (TPSA) is 58.5 Å². The molecule has 1 N–H and O–H groups in total. The lowest BCUT2D eigenvalue weighted by Gasteiger charge is -2.26. The maximum Gasteiger partial charge on any atom is 0.119 e. The Bertz CT molecular complexity index is 655. The zero-order valence-corrected chi connectivity index (χ0v) is 15.0. The third kappa shape index (κ3) is 6.55. The largest absolute Gasteiger partial charge is 0.491 e. The maximum absolute atomic E-state index is 5.69. The number of hydrogen-bond donors (Lipinski definition) is 1. The Morgan fingerprint density at radius 3 is 2.23 bits per heavy atom. The van der Waals surface area contributed by atoms with Crippen LogP contribution in [0.3, 0.4) is 0 Å². The molecule has 0 saturated carbocycles. The molecule has 0 spiro atoms. The van der Waals surface area contributed by atoms with Crippen molar-refractivity contribution in [2.75, 3.05) is 52.5 Å². The number of nitrogens with zero attached hydrogens (tertiary/aromatic N) is 3. The van der Waals surface area contributed by atoms with E-state index in [0.717, 1.165) is 56.5 Å². The Hall–Kier alpha value is -2.28. The molecule has 1 saturated heterocycles. The van der Waals surface area contributed by atoms with Gasteiger partial charge in [-0.15, -0.1) is 0 Å². The highest BCUT2D eigenvalue weighted by atomic mass is 16.5. The van der Waals surface area contributed by atoms with Crippen molar-refractivity contribution in [1.29, 1.82) is 0 Å². The minimum absolute atomic E-state index is 0.548. The molecular formula is C20H26N4O2. The highest BCUT2D eigenvalue weighted by Gasteiger charge is 2.08. The van der Waals surface area contributed by atoms with E-state index in [2.05, 4.69) is 20.4 Å². The molecule has 0 bridgehead atoms. The van der Waals surface area contributed by atoms with Crippen LogP contribution >= 0.6 is 0 Å². The summed E-state index contributed by atoms with van der Waals surface area (Å²) in [5.41, 5.74) is 1.64. The summed E-state index contributed by atoms with van der Waals surface area (Å²) in [5, 5.41) is 11.8. The minimum Gasteiger partial charge on any atom is -0.491 e. The van der Waals surface area contributed by atoms with Crippen molar-refractivity contribution in [2.24, 2.45) is 10.2 Å². The van der Waals surface area contributed by atoms with Gasteiger partial charge < -0.3 is 14.8 Å². The normalized spacial score (nSPS) is 15.4. The van der Waals surface area contributed by atoms with Gasteiger partial charge in [0, 0.05) is 32.7 Å². The smallest absolute Gasteiger partial charge is 0.119 e. The van der Waals surface area contributed by atoms with Crippen molar-refractivity contribution >= 4 is 11.4 Å². The summed E-state index contributed by atoms with van der Waals surface area (Å²) in [7, 11) is 0. The van der Waals surface area contributed by atoms with E-state index in [1.807, 2.05) is 54.6 Å². The van der Waals surface area contributed by atoms with E-state index in [0.29, 0.717) is 13.2 Å². The molecule has 0 amide bonds. The first-order valence-electron chi connectivity index (χ1n) is 9.11. The van der Waals surface area contributed by atoms with E-state index in [4.69, 9.17) is 9.47 Å². The van der Waals surface area contributed by atoms with Crippen LogP contribution in [0.15, 0.2) is 64.8 Å². The van der Waals surface area contributed by atoms with Gasteiger partial charge in [0.05, 0.1) is 24.6 Å². The third-order valence-corrected chi connectivity index (χ3v) is 4.13. The summed E-state index contributed by atoms with van der Waals surface area (Å²) < 4.78 is 11.3. The zero-order chi connectivity index (χ0) is 17.9. The SMILES string of the molecule is c1ccc(N=Nc2ccc(OCCOCCN3CCNCC3)cc2)cc1. The van der Waals surface area contributed by atoms with Crippen LogP contribution in [0.4, 0.5) is 11.4 Å². The summed E-state index contributed by atoms with van der Waals surface area (Å²) in [6.45, 7) is 7.24. The molecule has 3 rings (SSSR count). The third-order valence-electron chi connectivity index (χ3n) is 4.13. The minimum atomic E-state index is 0.548. The van der Waals surface area contributed by atoms with E-state index >= 15 is 0 Å². The number of hydrogen-bond acceptors (Lipinski definition) is 6. The average Bonchev–Trinajstić information content (AvgIpc) is 2.71. The number of azo groups is 1. The lowest BCUT2D eigenvalue weighted by atomic mass is 10.3. The molecule has 138 valence electrons. The molecule has 1 aliphatic heterocycles. The van der Waals surface area contributed by atoms with Gasteiger partial charge in [0.2, 0.25) is 0 Å². The second-order valence-corrected chi connectivity index (χ2v) is 6.08. The van der Waals surface area contributed by atoms with Gasteiger partial charge >= 0.3 is 0 Å². The van der Waals surface area contributed by atoms with Crippen molar-refractivity contribution in [3.63, 3.8) is 0 Å². The van der Waals surface area contributed by atoms with E-state index in [9.17, 15) is 0 Å². The van der Waals surface area contributed by atoms with E-state index in [1.165, 1.54) is 0 Å². The van der Waals surface area contributed by atoms with Gasteiger partial charge in [0.25, 0.3) is 0 Å². The molecule has 2 aromatic carbocycles. The molecule has 2 aromatic rings. The summed E-state index contributed by atoms with van der Waals surface area (Å²) in [4.78, 5) is 2.42. The highest BCUT2D eigenvalue weighted by Crippen LogP contribution is 2.21. The number of rotatable bonds is 9. The van der Waals surface area contributed by atoms with Gasteiger partial charge in [-0.2, -0.15) is 10.2 Å². The molecule has 0 unspecified atom stereocenters. The van der Waals surface area contributed by atoms with Gasteiger partial charge in [0.1, 0.15) is 12.4 Å². The number of ether oxygens (including phenoxy) is 2. The van der Waals surface area contributed by atoms with Crippen molar-refractivity contribution in [3.8, 4) is 5.75 Å². The first kappa shape index (κ1) is 18.5. The molecule has 6 heteroatoms. The first-order valence-corrected chi connectivity index (χ1v) is 9.11. The van der Waals surface area contributed by atoms with Crippen molar-refractivity contribution in [2.45, 2.75) is 0 Å². The second-order valence-electron chi connectivity index (χ2n) is 6.08. The van der Waals surface area contributed by atoms with Gasteiger partial charge in [0.15, 0.2) is 0 Å². The quantitative estimate of drug-likeness (QED) is 0.554. The van der Waals surface area contributed by atoms with Gasteiger partial charge in [-0.3, -0.25) is 4.90 Å². The van der Waals surface area contributed by atoms with Crippen molar-refractivity contribution in [1.82, 2.24) is 10.2 Å². The molecule has 0 aliphatic carbocycles. The predicted molar refractivity (Wildman–Crippen MR) is 103 cm³/mol. The molecule has 1 fully saturated rings. The fraction of sp³-hybridized carbons (Fsp3) is 0.400. The zero-order valence-electron chi connectivity index (χ0n) is 15.0. The van der Waals surface area contributed by atoms with Crippen LogP contribution in [0.5, 0.6) is 5.75 Å². The lowest BCUT2D eigenvalue weighted by Crippen LogP contribution is -2.44. The Morgan fingerprint density at radius 1 is 0.808 bits per heavy atom. The molecular weight excluding hydrogens is 328 g/mol. The van der Waals surface area contributed by atoms with Crippen molar-refractivity contribution < 1.29 is 9.47 Å². The maximum atomic E-state index is 5.69. The summed E-state index contributed by atoms with van der Waals surface area (Å²) in [6.07, 6.45) is 0. The summed E-state index contributed by atoms with van der Waals surface area (Å²) >= 11 is 0. The first-order chi connectivity index (χ1) is 12.9. The lowest BCUT2D eigenvalue weighted by molar-refractivity contribution is 0.0768. The summed E-state index contributed by atoms with van der Waals surface area (Å²) in [5.74, 6) is 0.814. The molecule has 0 aromatic heterocycles. The second kappa shape index (κ2) is 10.7. The Balaban J connectivity index is 1.31. The van der Waals surface area contributed by atoms with E-state index in [1.54, 1.807) is 0 Å². The van der Waals surface area contributed by atoms with Crippen LogP contribution in [-0.2, 0) is 4.74 Å². The molecule has 6 nitrogen and oxygen atoms in total. The van der Waals surface area contributed by atoms with Crippen LogP contribution in [0.2, 0.25) is 0 Å². The predicted octanol–water partition coefficient (Wildman–Crippen LogP) is 3.40. The number of benzene rings is 2. The van der Waals surface area contributed by atoms with Gasteiger partial charge in [-0.05, 0) is 36.4 Å². The number of piperazine rings is 1.